The van der Waals surface area contributed by atoms with Crippen LogP contribution in [-0.4, -0.2) is 24.2 Å². The van der Waals surface area contributed by atoms with Gasteiger partial charge in [0.1, 0.15) is 5.82 Å². The van der Waals surface area contributed by atoms with Crippen molar-refractivity contribution in [3.63, 3.8) is 0 Å². The predicted molar refractivity (Wildman–Crippen MR) is 79.3 cm³/mol. The number of aromatic nitrogens is 2. The molecule has 3 aromatic rings. The first-order chi connectivity index (χ1) is 10.2. The van der Waals surface area contributed by atoms with Crippen molar-refractivity contribution in [2.75, 3.05) is 14.2 Å². The Morgan fingerprint density at radius 1 is 1.05 bits per heavy atom. The van der Waals surface area contributed by atoms with E-state index in [1.165, 1.54) is 0 Å². The van der Waals surface area contributed by atoms with E-state index in [4.69, 9.17) is 14.7 Å². The molecule has 0 radical (unpaired) electrons. The van der Waals surface area contributed by atoms with Crippen molar-refractivity contribution in [2.24, 2.45) is 0 Å². The van der Waals surface area contributed by atoms with Crippen molar-refractivity contribution in [3.05, 3.63) is 42.0 Å². The lowest BCUT2D eigenvalue weighted by Gasteiger charge is -2.08. The Labute approximate surface area is 121 Å². The lowest BCUT2D eigenvalue weighted by Crippen LogP contribution is -1.91. The molecule has 5 nitrogen and oxygen atoms in total. The smallest absolute Gasteiger partial charge is 0.161 e. The molecule has 0 fully saturated rings. The van der Waals surface area contributed by atoms with Gasteiger partial charge in [-0.15, -0.1) is 0 Å². The largest absolute Gasteiger partial charge is 0.493 e. The van der Waals surface area contributed by atoms with Crippen LogP contribution in [0.5, 0.6) is 11.5 Å². The number of nitrogens with one attached hydrogen (secondary N) is 1. The van der Waals surface area contributed by atoms with Crippen LogP contribution in [0.25, 0.3) is 22.4 Å². The Hall–Kier alpha value is -3.00. The molecule has 1 aromatic heterocycles. The summed E-state index contributed by atoms with van der Waals surface area (Å²) < 4.78 is 10.5. The van der Waals surface area contributed by atoms with Crippen LogP contribution in [0.3, 0.4) is 0 Å². The molecule has 0 aliphatic carbocycles. The van der Waals surface area contributed by atoms with Crippen LogP contribution in [0.15, 0.2) is 36.4 Å². The van der Waals surface area contributed by atoms with Gasteiger partial charge in [0.25, 0.3) is 0 Å². The van der Waals surface area contributed by atoms with E-state index in [0.717, 1.165) is 22.4 Å². The Morgan fingerprint density at radius 2 is 1.86 bits per heavy atom. The number of ether oxygens (including phenoxy) is 2. The Bertz CT molecular complexity index is 846. The number of hydrogen-bond acceptors (Lipinski definition) is 4. The number of aromatic amines is 1. The lowest BCUT2D eigenvalue weighted by molar-refractivity contribution is 0.355. The molecule has 1 heterocycles. The maximum Gasteiger partial charge on any atom is 0.161 e. The topological polar surface area (TPSA) is 70.9 Å². The van der Waals surface area contributed by atoms with Gasteiger partial charge in [-0.25, -0.2) is 4.98 Å². The van der Waals surface area contributed by atoms with Crippen LogP contribution in [0.2, 0.25) is 0 Å². The number of hydrogen-bond donors (Lipinski definition) is 1. The summed E-state index contributed by atoms with van der Waals surface area (Å²) in [6.07, 6.45) is 0. The molecule has 3 rings (SSSR count). The van der Waals surface area contributed by atoms with Crippen molar-refractivity contribution in [3.8, 4) is 29.0 Å². The van der Waals surface area contributed by atoms with Gasteiger partial charge in [-0.2, -0.15) is 5.26 Å². The molecule has 5 heteroatoms. The molecular formula is C16H13N3O2. The molecule has 0 aliphatic rings. The molecule has 0 spiro atoms. The van der Waals surface area contributed by atoms with E-state index in [0.29, 0.717) is 17.1 Å². The maximum atomic E-state index is 8.93. The first-order valence-corrected chi connectivity index (χ1v) is 6.37. The van der Waals surface area contributed by atoms with Crippen LogP contribution in [0, 0.1) is 11.3 Å². The second-order valence-corrected chi connectivity index (χ2v) is 4.50. The quantitative estimate of drug-likeness (QED) is 0.799. The first kappa shape index (κ1) is 13.0. The van der Waals surface area contributed by atoms with Crippen molar-refractivity contribution in [1.29, 1.82) is 5.26 Å². The summed E-state index contributed by atoms with van der Waals surface area (Å²) in [5.41, 5.74) is 3.14. The minimum Gasteiger partial charge on any atom is -0.493 e. The van der Waals surface area contributed by atoms with Gasteiger partial charge in [-0.05, 0) is 36.4 Å². The maximum absolute atomic E-state index is 8.93. The summed E-state index contributed by atoms with van der Waals surface area (Å²) in [5.74, 6) is 2.04. The van der Waals surface area contributed by atoms with Gasteiger partial charge in [0.2, 0.25) is 0 Å². The molecule has 0 aliphatic heterocycles. The van der Waals surface area contributed by atoms with Crippen molar-refractivity contribution in [2.45, 2.75) is 0 Å². The average Bonchev–Trinajstić information content (AvgIpc) is 2.96. The highest BCUT2D eigenvalue weighted by Crippen LogP contribution is 2.31. The van der Waals surface area contributed by atoms with Gasteiger partial charge in [-0.3, -0.25) is 0 Å². The highest BCUT2D eigenvalue weighted by Gasteiger charge is 2.10. The minimum absolute atomic E-state index is 0.602. The fourth-order valence-electron chi connectivity index (χ4n) is 2.20. The second kappa shape index (κ2) is 5.17. The molecule has 1 N–H and O–H groups in total. The van der Waals surface area contributed by atoms with E-state index in [1.807, 2.05) is 24.3 Å². The van der Waals surface area contributed by atoms with Gasteiger partial charge in [-0.1, -0.05) is 0 Å². The lowest BCUT2D eigenvalue weighted by atomic mass is 10.2. The Balaban J connectivity index is 2.10. The van der Waals surface area contributed by atoms with Gasteiger partial charge in [0, 0.05) is 5.56 Å². The van der Waals surface area contributed by atoms with E-state index in [2.05, 4.69) is 16.0 Å². The number of rotatable bonds is 3. The van der Waals surface area contributed by atoms with E-state index in [-0.39, 0.29) is 0 Å². The highest BCUT2D eigenvalue weighted by atomic mass is 16.5. The highest BCUT2D eigenvalue weighted by molar-refractivity contribution is 5.81. The van der Waals surface area contributed by atoms with Crippen LogP contribution in [0.4, 0.5) is 0 Å². The fourth-order valence-corrected chi connectivity index (χ4v) is 2.20. The number of methoxy groups -OCH3 is 2. The van der Waals surface area contributed by atoms with Gasteiger partial charge in [0.05, 0.1) is 36.9 Å². The monoisotopic (exact) mass is 279 g/mol. The van der Waals surface area contributed by atoms with Gasteiger partial charge in [0.15, 0.2) is 11.5 Å². The molecular weight excluding hydrogens is 266 g/mol. The molecule has 104 valence electrons. The molecule has 21 heavy (non-hydrogen) atoms. The second-order valence-electron chi connectivity index (χ2n) is 4.50. The zero-order chi connectivity index (χ0) is 14.8. The summed E-state index contributed by atoms with van der Waals surface area (Å²) in [6, 6.07) is 13.1. The van der Waals surface area contributed by atoms with E-state index >= 15 is 0 Å². The Kier molecular flexibility index (Phi) is 3.20. The third kappa shape index (κ3) is 2.28. The number of nitriles is 1. The Morgan fingerprint density at radius 3 is 2.57 bits per heavy atom. The van der Waals surface area contributed by atoms with E-state index in [9.17, 15) is 0 Å². The molecule has 0 atom stereocenters. The van der Waals surface area contributed by atoms with Gasteiger partial charge < -0.3 is 14.5 Å². The average molecular weight is 279 g/mol. The standard InChI is InChI=1S/C16H13N3O2/c1-20-14-6-4-11(8-15(14)21-2)16-18-12-5-3-10(9-17)7-13(12)19-16/h3-8H,1-2H3,(H,18,19). The summed E-state index contributed by atoms with van der Waals surface area (Å²) in [5, 5.41) is 8.93. The summed E-state index contributed by atoms with van der Waals surface area (Å²) in [6.45, 7) is 0. The number of H-pyrrole nitrogens is 1. The summed E-state index contributed by atoms with van der Waals surface area (Å²) in [7, 11) is 3.20. The zero-order valence-electron chi connectivity index (χ0n) is 11.7. The molecule has 0 saturated carbocycles. The molecule has 2 aromatic carbocycles. The molecule has 0 saturated heterocycles. The van der Waals surface area contributed by atoms with Crippen molar-refractivity contribution < 1.29 is 9.47 Å². The van der Waals surface area contributed by atoms with Crippen LogP contribution in [0.1, 0.15) is 5.56 Å². The zero-order valence-corrected chi connectivity index (χ0v) is 11.7. The third-order valence-electron chi connectivity index (χ3n) is 3.27. The van der Waals surface area contributed by atoms with E-state index in [1.54, 1.807) is 26.4 Å². The van der Waals surface area contributed by atoms with Crippen molar-refractivity contribution >= 4 is 11.0 Å². The van der Waals surface area contributed by atoms with Crippen LogP contribution in [-0.2, 0) is 0 Å². The van der Waals surface area contributed by atoms with Crippen molar-refractivity contribution in [1.82, 2.24) is 9.97 Å². The summed E-state index contributed by atoms with van der Waals surface area (Å²) >= 11 is 0. The van der Waals surface area contributed by atoms with Gasteiger partial charge >= 0.3 is 0 Å². The van der Waals surface area contributed by atoms with E-state index < -0.39 is 0 Å². The predicted octanol–water partition coefficient (Wildman–Crippen LogP) is 3.12. The first-order valence-electron chi connectivity index (χ1n) is 6.37. The number of imidazole rings is 1. The number of nitrogens with zero attached hydrogens (tertiary/aromatic N) is 2. The van der Waals surface area contributed by atoms with Crippen LogP contribution >= 0.6 is 0 Å². The number of benzene rings is 2. The molecule has 0 amide bonds. The number of fused-ring (bicyclic) bond motifs is 1. The normalized spacial score (nSPS) is 10.3. The van der Waals surface area contributed by atoms with Crippen LogP contribution < -0.4 is 9.47 Å². The summed E-state index contributed by atoms with van der Waals surface area (Å²) in [4.78, 5) is 7.74. The SMILES string of the molecule is COc1ccc(-c2nc3ccc(C#N)cc3[nH]2)cc1OC. The third-order valence-corrected chi connectivity index (χ3v) is 3.27. The molecule has 0 bridgehead atoms. The fraction of sp³-hybridized carbons (Fsp3) is 0.125. The molecule has 0 unspecified atom stereocenters. The minimum atomic E-state index is 0.602.